The van der Waals surface area contributed by atoms with Crippen molar-refractivity contribution in [3.63, 3.8) is 0 Å². The van der Waals surface area contributed by atoms with Crippen LogP contribution in [0.4, 0.5) is 19.1 Å². The van der Waals surface area contributed by atoms with Crippen molar-refractivity contribution in [1.29, 1.82) is 0 Å². The number of aryl methyl sites for hydroxylation is 1. The summed E-state index contributed by atoms with van der Waals surface area (Å²) < 4.78 is 69.2. The van der Waals surface area contributed by atoms with Gasteiger partial charge in [-0.15, -0.1) is 0 Å². The number of alkyl halides is 3. The van der Waals surface area contributed by atoms with Gasteiger partial charge < -0.3 is 9.64 Å². The fraction of sp³-hybridized carbons (Fsp3) is 0.421. The van der Waals surface area contributed by atoms with Gasteiger partial charge in [-0.3, -0.25) is 4.79 Å². The quantitative estimate of drug-likeness (QED) is 0.709. The number of benzene rings is 1. The molecule has 1 saturated heterocycles. The number of nitrogens with one attached hydrogen (secondary N) is 1. The maximum Gasteiger partial charge on any atom is 0.419 e. The zero-order valence-corrected chi connectivity index (χ0v) is 17.6. The summed E-state index contributed by atoms with van der Waals surface area (Å²) in [4.78, 5) is 22.3. The van der Waals surface area contributed by atoms with Gasteiger partial charge in [0.05, 0.1) is 18.4 Å². The third kappa shape index (κ3) is 6.06. The summed E-state index contributed by atoms with van der Waals surface area (Å²) in [5.41, 5.74) is -0.442. The highest BCUT2D eigenvalue weighted by atomic mass is 32.2. The van der Waals surface area contributed by atoms with Gasteiger partial charge in [0, 0.05) is 24.7 Å². The van der Waals surface area contributed by atoms with Crippen molar-refractivity contribution in [3.8, 4) is 5.75 Å². The first-order valence-electron chi connectivity index (χ1n) is 9.34. The van der Waals surface area contributed by atoms with Crippen molar-refractivity contribution in [2.75, 3.05) is 30.9 Å². The van der Waals surface area contributed by atoms with Gasteiger partial charge in [-0.25, -0.2) is 23.1 Å². The molecule has 31 heavy (non-hydrogen) atoms. The molecule has 1 atom stereocenters. The van der Waals surface area contributed by atoms with E-state index in [0.717, 1.165) is 12.3 Å². The Labute approximate surface area is 177 Å². The van der Waals surface area contributed by atoms with Gasteiger partial charge in [-0.1, -0.05) is 12.1 Å². The smallest absolute Gasteiger partial charge is 0.419 e. The van der Waals surface area contributed by atoms with Crippen molar-refractivity contribution in [2.24, 2.45) is 5.92 Å². The predicted octanol–water partition coefficient (Wildman–Crippen LogP) is 2.40. The lowest BCUT2D eigenvalue weighted by Gasteiger charge is -2.18. The largest absolute Gasteiger partial charge is 0.493 e. The van der Waals surface area contributed by atoms with Crippen LogP contribution >= 0.6 is 0 Å². The Balaban J connectivity index is 1.67. The van der Waals surface area contributed by atoms with Gasteiger partial charge in [0.15, 0.2) is 0 Å². The van der Waals surface area contributed by atoms with E-state index >= 15 is 0 Å². The molecule has 0 aliphatic carbocycles. The summed E-state index contributed by atoms with van der Waals surface area (Å²) >= 11 is 0. The number of anilines is 1. The average molecular weight is 458 g/mol. The molecule has 1 N–H and O–H groups in total. The molecule has 12 heteroatoms. The first-order chi connectivity index (χ1) is 14.4. The Kier molecular flexibility index (Phi) is 6.39. The fourth-order valence-electron chi connectivity index (χ4n) is 3.22. The summed E-state index contributed by atoms with van der Waals surface area (Å²) in [5.74, 6) is -0.910. The van der Waals surface area contributed by atoms with E-state index in [1.807, 2.05) is 4.72 Å². The van der Waals surface area contributed by atoms with E-state index in [-0.39, 0.29) is 29.9 Å². The van der Waals surface area contributed by atoms with E-state index in [4.69, 9.17) is 4.74 Å². The lowest BCUT2D eigenvalue weighted by atomic mass is 10.1. The number of rotatable bonds is 6. The van der Waals surface area contributed by atoms with Crippen molar-refractivity contribution < 1.29 is 31.1 Å². The first kappa shape index (κ1) is 22.8. The monoisotopic (exact) mass is 458 g/mol. The summed E-state index contributed by atoms with van der Waals surface area (Å²) in [5, 5.41) is 0. The van der Waals surface area contributed by atoms with Crippen LogP contribution in [0.5, 0.6) is 5.75 Å². The van der Waals surface area contributed by atoms with Crippen LogP contribution in [0.3, 0.4) is 0 Å². The molecule has 1 unspecified atom stereocenters. The molecule has 1 fully saturated rings. The maximum atomic E-state index is 13.1. The van der Waals surface area contributed by atoms with E-state index in [1.165, 1.54) is 24.3 Å². The number of aromatic nitrogens is 2. The van der Waals surface area contributed by atoms with Gasteiger partial charge in [0.2, 0.25) is 16.0 Å². The highest BCUT2D eigenvalue weighted by Crippen LogP contribution is 2.36. The highest BCUT2D eigenvalue weighted by molar-refractivity contribution is 7.89. The molecule has 2 heterocycles. The Bertz CT molecular complexity index is 1080. The normalized spacial score (nSPS) is 16.9. The molecule has 168 valence electrons. The molecule has 3 rings (SSSR count). The van der Waals surface area contributed by atoms with Crippen LogP contribution in [0, 0.1) is 12.8 Å². The molecular weight excluding hydrogens is 437 g/mol. The molecule has 2 aromatic rings. The SMILES string of the molecule is Cc1cc(C(=O)NS(C)(=O)=O)nc(N2CCC(COc3ccccc3C(F)(F)F)C2)n1. The third-order valence-electron chi connectivity index (χ3n) is 4.59. The molecule has 1 aromatic heterocycles. The Hall–Kier alpha value is -2.89. The number of halogens is 3. The lowest BCUT2D eigenvalue weighted by molar-refractivity contribution is -0.139. The summed E-state index contributed by atoms with van der Waals surface area (Å²) in [6, 6.07) is 6.41. The van der Waals surface area contributed by atoms with Gasteiger partial charge in [0.1, 0.15) is 11.4 Å². The van der Waals surface area contributed by atoms with Gasteiger partial charge in [0.25, 0.3) is 5.91 Å². The number of hydrogen-bond acceptors (Lipinski definition) is 7. The summed E-state index contributed by atoms with van der Waals surface area (Å²) in [6.07, 6.45) is -3.01. The number of sulfonamides is 1. The number of carbonyl (C=O) groups is 1. The minimum atomic E-state index is -4.50. The van der Waals surface area contributed by atoms with E-state index in [2.05, 4.69) is 9.97 Å². The number of ether oxygens (including phenoxy) is 1. The number of carbonyl (C=O) groups excluding carboxylic acids is 1. The average Bonchev–Trinajstić information content (AvgIpc) is 3.13. The molecule has 0 spiro atoms. The molecule has 0 saturated carbocycles. The standard InChI is InChI=1S/C19H21F3N4O4S/c1-12-9-15(17(27)25-31(2,28)29)24-18(23-12)26-8-7-13(10-26)11-30-16-6-4-3-5-14(16)19(20,21)22/h3-6,9,13H,7-8,10-11H2,1-2H3,(H,25,27). The second kappa shape index (κ2) is 8.69. The maximum absolute atomic E-state index is 13.1. The minimum Gasteiger partial charge on any atom is -0.493 e. The van der Waals surface area contributed by atoms with Crippen molar-refractivity contribution in [2.45, 2.75) is 19.5 Å². The van der Waals surface area contributed by atoms with Gasteiger partial charge in [-0.05, 0) is 31.5 Å². The Morgan fingerprint density at radius 3 is 2.68 bits per heavy atom. The van der Waals surface area contributed by atoms with Crippen LogP contribution in [-0.4, -0.2) is 50.2 Å². The molecule has 1 aromatic carbocycles. The predicted molar refractivity (Wildman–Crippen MR) is 106 cm³/mol. The second-order valence-corrected chi connectivity index (χ2v) is 9.05. The Morgan fingerprint density at radius 2 is 2.00 bits per heavy atom. The van der Waals surface area contributed by atoms with E-state index in [1.54, 1.807) is 11.8 Å². The fourth-order valence-corrected chi connectivity index (χ4v) is 3.66. The van der Waals surface area contributed by atoms with Crippen LogP contribution < -0.4 is 14.4 Å². The van der Waals surface area contributed by atoms with Crippen molar-refractivity contribution in [3.05, 3.63) is 47.3 Å². The highest BCUT2D eigenvalue weighted by Gasteiger charge is 2.34. The van der Waals surface area contributed by atoms with Crippen molar-refractivity contribution >= 4 is 21.9 Å². The van der Waals surface area contributed by atoms with Crippen LogP contribution in [0.25, 0.3) is 0 Å². The number of nitrogens with zero attached hydrogens (tertiary/aromatic N) is 3. The number of amides is 1. The molecule has 0 radical (unpaired) electrons. The van der Waals surface area contributed by atoms with Crippen LogP contribution in [-0.2, 0) is 16.2 Å². The molecular formula is C19H21F3N4O4S. The number of hydrogen-bond donors (Lipinski definition) is 1. The molecule has 1 amide bonds. The summed E-state index contributed by atoms with van der Waals surface area (Å²) in [7, 11) is -3.74. The molecule has 1 aliphatic heterocycles. The van der Waals surface area contributed by atoms with Crippen LogP contribution in [0.1, 0.15) is 28.2 Å². The van der Waals surface area contributed by atoms with Crippen molar-refractivity contribution in [1.82, 2.24) is 14.7 Å². The zero-order chi connectivity index (χ0) is 22.8. The van der Waals surface area contributed by atoms with E-state index in [9.17, 15) is 26.4 Å². The van der Waals surface area contributed by atoms with Gasteiger partial charge in [-0.2, -0.15) is 13.2 Å². The first-order valence-corrected chi connectivity index (χ1v) is 11.2. The number of para-hydroxylation sites is 1. The van der Waals surface area contributed by atoms with Gasteiger partial charge >= 0.3 is 6.18 Å². The molecule has 0 bridgehead atoms. The zero-order valence-electron chi connectivity index (χ0n) is 16.8. The van der Waals surface area contributed by atoms with Crippen LogP contribution in [0.2, 0.25) is 0 Å². The lowest BCUT2D eigenvalue weighted by Crippen LogP contribution is -2.31. The topological polar surface area (TPSA) is 101 Å². The van der Waals surface area contributed by atoms with Crippen LogP contribution in [0.15, 0.2) is 30.3 Å². The summed E-state index contributed by atoms with van der Waals surface area (Å²) in [6.45, 7) is 2.67. The molecule has 1 aliphatic rings. The Morgan fingerprint density at radius 1 is 1.29 bits per heavy atom. The second-order valence-electron chi connectivity index (χ2n) is 7.30. The van der Waals surface area contributed by atoms with E-state index < -0.39 is 27.7 Å². The third-order valence-corrected chi connectivity index (χ3v) is 5.15. The van der Waals surface area contributed by atoms with E-state index in [0.29, 0.717) is 25.2 Å². The minimum absolute atomic E-state index is 0.0706. The molecule has 8 nitrogen and oxygen atoms in total.